The molecule has 0 saturated heterocycles. The number of nitrogens with two attached hydrogens (primary N) is 1. The molecular weight excluding hydrogens is 207 g/mol. The molecule has 0 radical (unpaired) electrons. The minimum absolute atomic E-state index is 0.146. The fourth-order valence-electron chi connectivity index (χ4n) is 1.47. The Labute approximate surface area is 95.8 Å². The van der Waals surface area contributed by atoms with Crippen molar-refractivity contribution in [2.45, 2.75) is 19.9 Å². The van der Waals surface area contributed by atoms with Crippen molar-refractivity contribution >= 4 is 5.69 Å². The molecule has 3 N–H and O–H groups in total. The number of hydrogen-bond acceptors (Lipinski definition) is 3. The zero-order chi connectivity index (χ0) is 12.1. The van der Waals surface area contributed by atoms with Gasteiger partial charge in [-0.1, -0.05) is 13.8 Å². The minimum atomic E-state index is -0.368. The van der Waals surface area contributed by atoms with Crippen LogP contribution in [0.25, 0.3) is 0 Å². The highest BCUT2D eigenvalue weighted by atomic mass is 19.1. The second-order valence-electron chi connectivity index (χ2n) is 4.08. The van der Waals surface area contributed by atoms with Gasteiger partial charge in [0.05, 0.1) is 7.11 Å². The Morgan fingerprint density at radius 1 is 1.44 bits per heavy atom. The van der Waals surface area contributed by atoms with Crippen LogP contribution in [0.1, 0.15) is 13.8 Å². The molecule has 16 heavy (non-hydrogen) atoms. The highest BCUT2D eigenvalue weighted by molar-refractivity contribution is 5.48. The summed E-state index contributed by atoms with van der Waals surface area (Å²) in [5, 5.41) is 3.20. The molecule has 0 aliphatic carbocycles. The summed E-state index contributed by atoms with van der Waals surface area (Å²) in [5.41, 5.74) is 6.36. The summed E-state index contributed by atoms with van der Waals surface area (Å²) in [4.78, 5) is 0. The van der Waals surface area contributed by atoms with E-state index in [2.05, 4.69) is 19.2 Å². The first kappa shape index (κ1) is 12.8. The maximum Gasteiger partial charge on any atom is 0.167 e. The van der Waals surface area contributed by atoms with Gasteiger partial charge in [-0.05, 0) is 18.1 Å². The molecule has 1 aromatic carbocycles. The van der Waals surface area contributed by atoms with Crippen molar-refractivity contribution in [2.24, 2.45) is 11.7 Å². The summed E-state index contributed by atoms with van der Waals surface area (Å²) < 4.78 is 18.3. The van der Waals surface area contributed by atoms with Crippen molar-refractivity contribution in [2.75, 3.05) is 19.0 Å². The Morgan fingerprint density at radius 2 is 2.12 bits per heavy atom. The van der Waals surface area contributed by atoms with Crippen LogP contribution in [0.15, 0.2) is 18.2 Å². The van der Waals surface area contributed by atoms with Gasteiger partial charge >= 0.3 is 0 Å². The Morgan fingerprint density at radius 3 is 2.56 bits per heavy atom. The SMILES string of the molecule is COc1ccc(NC(CN)C(C)C)cc1F. The summed E-state index contributed by atoms with van der Waals surface area (Å²) in [6.45, 7) is 4.67. The highest BCUT2D eigenvalue weighted by Gasteiger charge is 2.12. The lowest BCUT2D eigenvalue weighted by atomic mass is 10.0. The van der Waals surface area contributed by atoms with Crippen molar-refractivity contribution in [1.29, 1.82) is 0 Å². The van der Waals surface area contributed by atoms with Gasteiger partial charge in [-0.15, -0.1) is 0 Å². The van der Waals surface area contributed by atoms with Crippen LogP contribution in [0.4, 0.5) is 10.1 Å². The molecule has 0 amide bonds. The second-order valence-corrected chi connectivity index (χ2v) is 4.08. The molecule has 0 fully saturated rings. The van der Waals surface area contributed by atoms with E-state index in [0.717, 1.165) is 5.69 Å². The summed E-state index contributed by atoms with van der Waals surface area (Å²) in [6.07, 6.45) is 0. The van der Waals surface area contributed by atoms with Gasteiger partial charge in [-0.3, -0.25) is 0 Å². The molecule has 0 aliphatic heterocycles. The number of benzene rings is 1. The van der Waals surface area contributed by atoms with Crippen LogP contribution in [0.2, 0.25) is 0 Å². The molecule has 3 nitrogen and oxygen atoms in total. The number of nitrogens with one attached hydrogen (secondary N) is 1. The van der Waals surface area contributed by atoms with Crippen molar-refractivity contribution in [3.63, 3.8) is 0 Å². The standard InChI is InChI=1S/C12H19FN2O/c1-8(2)11(7-14)15-9-4-5-12(16-3)10(13)6-9/h4-6,8,11,15H,7,14H2,1-3H3. The molecule has 1 unspecified atom stereocenters. The lowest BCUT2D eigenvalue weighted by molar-refractivity contribution is 0.386. The average Bonchev–Trinajstić information content (AvgIpc) is 2.25. The first-order valence-electron chi connectivity index (χ1n) is 5.38. The maximum atomic E-state index is 13.4. The van der Waals surface area contributed by atoms with Crippen LogP contribution in [-0.2, 0) is 0 Å². The predicted octanol–water partition coefficient (Wildman–Crippen LogP) is 2.23. The van der Waals surface area contributed by atoms with Gasteiger partial charge in [0.2, 0.25) is 0 Å². The van der Waals surface area contributed by atoms with E-state index in [9.17, 15) is 4.39 Å². The summed E-state index contributed by atoms with van der Waals surface area (Å²) in [6, 6.07) is 4.95. The maximum absolute atomic E-state index is 13.4. The Kier molecular flexibility index (Phi) is 4.55. The van der Waals surface area contributed by atoms with Gasteiger partial charge in [-0.2, -0.15) is 0 Å². The van der Waals surface area contributed by atoms with E-state index in [4.69, 9.17) is 10.5 Å². The first-order valence-corrected chi connectivity index (χ1v) is 5.38. The van der Waals surface area contributed by atoms with Crippen molar-refractivity contribution in [3.05, 3.63) is 24.0 Å². The second kappa shape index (κ2) is 5.70. The summed E-state index contributed by atoms with van der Waals surface area (Å²) in [5.74, 6) is 0.279. The molecule has 90 valence electrons. The number of methoxy groups -OCH3 is 1. The van der Waals surface area contributed by atoms with E-state index < -0.39 is 0 Å². The van der Waals surface area contributed by atoms with Gasteiger partial charge in [0, 0.05) is 24.3 Å². The smallest absolute Gasteiger partial charge is 0.167 e. The lowest BCUT2D eigenvalue weighted by Gasteiger charge is -2.21. The van der Waals surface area contributed by atoms with Crippen LogP contribution < -0.4 is 15.8 Å². The number of anilines is 1. The van der Waals surface area contributed by atoms with E-state index in [-0.39, 0.29) is 17.6 Å². The fraction of sp³-hybridized carbons (Fsp3) is 0.500. The quantitative estimate of drug-likeness (QED) is 0.809. The van der Waals surface area contributed by atoms with Crippen LogP contribution in [-0.4, -0.2) is 19.7 Å². The number of ether oxygens (including phenoxy) is 1. The van der Waals surface area contributed by atoms with Crippen LogP contribution in [0.3, 0.4) is 0 Å². The number of rotatable bonds is 5. The van der Waals surface area contributed by atoms with E-state index in [1.165, 1.54) is 13.2 Å². The van der Waals surface area contributed by atoms with Gasteiger partial charge in [0.1, 0.15) is 0 Å². The van der Waals surface area contributed by atoms with Crippen LogP contribution in [0, 0.1) is 11.7 Å². The van der Waals surface area contributed by atoms with Gasteiger partial charge in [0.25, 0.3) is 0 Å². The third-order valence-corrected chi connectivity index (χ3v) is 2.56. The van der Waals surface area contributed by atoms with Crippen molar-refractivity contribution < 1.29 is 9.13 Å². The van der Waals surface area contributed by atoms with E-state index >= 15 is 0 Å². The monoisotopic (exact) mass is 226 g/mol. The third-order valence-electron chi connectivity index (χ3n) is 2.56. The molecule has 0 spiro atoms. The predicted molar refractivity (Wildman–Crippen MR) is 64.3 cm³/mol. The Balaban J connectivity index is 2.78. The average molecular weight is 226 g/mol. The molecule has 1 atom stereocenters. The zero-order valence-electron chi connectivity index (χ0n) is 9.96. The Bertz CT molecular complexity index is 342. The van der Waals surface area contributed by atoms with Crippen molar-refractivity contribution in [3.8, 4) is 5.75 Å². The zero-order valence-corrected chi connectivity index (χ0v) is 9.96. The van der Waals surface area contributed by atoms with Crippen LogP contribution in [0.5, 0.6) is 5.75 Å². The molecule has 4 heteroatoms. The van der Waals surface area contributed by atoms with Crippen LogP contribution >= 0.6 is 0 Å². The third kappa shape index (κ3) is 3.10. The highest BCUT2D eigenvalue weighted by Crippen LogP contribution is 2.21. The molecular formula is C12H19FN2O. The molecule has 0 aliphatic rings. The topological polar surface area (TPSA) is 47.3 Å². The number of halogens is 1. The van der Waals surface area contributed by atoms with E-state index in [1.54, 1.807) is 12.1 Å². The van der Waals surface area contributed by atoms with Gasteiger partial charge < -0.3 is 15.8 Å². The van der Waals surface area contributed by atoms with Gasteiger partial charge in [0.15, 0.2) is 11.6 Å². The lowest BCUT2D eigenvalue weighted by Crippen LogP contribution is -2.33. The molecule has 0 aromatic heterocycles. The number of hydrogen-bond donors (Lipinski definition) is 2. The summed E-state index contributed by atoms with van der Waals surface area (Å²) >= 11 is 0. The van der Waals surface area contributed by atoms with Gasteiger partial charge in [-0.25, -0.2) is 4.39 Å². The largest absolute Gasteiger partial charge is 0.494 e. The van der Waals surface area contributed by atoms with Crippen molar-refractivity contribution in [1.82, 2.24) is 0 Å². The molecule has 1 rings (SSSR count). The normalized spacial score (nSPS) is 12.6. The minimum Gasteiger partial charge on any atom is -0.494 e. The molecule has 1 aromatic rings. The Hall–Kier alpha value is -1.29. The fourth-order valence-corrected chi connectivity index (χ4v) is 1.47. The first-order chi connectivity index (χ1) is 7.58. The molecule has 0 heterocycles. The molecule has 0 bridgehead atoms. The summed E-state index contributed by atoms with van der Waals surface area (Å²) in [7, 11) is 1.45. The molecule has 0 saturated carbocycles. The van der Waals surface area contributed by atoms with E-state index in [1.807, 2.05) is 0 Å². The van der Waals surface area contributed by atoms with E-state index in [0.29, 0.717) is 12.5 Å².